The van der Waals surface area contributed by atoms with Crippen LogP contribution in [-0.4, -0.2) is 0 Å². The number of rotatable bonds is 2. The SMILES string of the molecule is c1cc2ccc3ccc(C[C]4CCCC4)c4ccc(c1)c2c34. The third-order valence-electron chi connectivity index (χ3n) is 5.37. The van der Waals surface area contributed by atoms with Crippen LogP contribution in [0.5, 0.6) is 0 Å². The van der Waals surface area contributed by atoms with Crippen LogP contribution in [0.25, 0.3) is 32.3 Å². The molecular weight excluding hydrogens is 264 g/mol. The quantitative estimate of drug-likeness (QED) is 0.380. The maximum absolute atomic E-state index is 2.35. The van der Waals surface area contributed by atoms with Crippen molar-refractivity contribution in [2.24, 2.45) is 0 Å². The van der Waals surface area contributed by atoms with E-state index in [4.69, 9.17) is 0 Å². The van der Waals surface area contributed by atoms with E-state index in [2.05, 4.69) is 54.6 Å². The van der Waals surface area contributed by atoms with Gasteiger partial charge in [-0.1, -0.05) is 67.4 Å². The van der Waals surface area contributed by atoms with Crippen LogP contribution in [0.4, 0.5) is 0 Å². The van der Waals surface area contributed by atoms with E-state index in [-0.39, 0.29) is 0 Å². The molecule has 1 fully saturated rings. The summed E-state index contributed by atoms with van der Waals surface area (Å²) in [7, 11) is 0. The summed E-state index contributed by atoms with van der Waals surface area (Å²) >= 11 is 0. The van der Waals surface area contributed by atoms with Gasteiger partial charge in [-0.25, -0.2) is 0 Å². The molecule has 0 saturated heterocycles. The predicted molar refractivity (Wildman–Crippen MR) is 95.6 cm³/mol. The van der Waals surface area contributed by atoms with E-state index >= 15 is 0 Å². The highest BCUT2D eigenvalue weighted by Crippen LogP contribution is 2.38. The maximum Gasteiger partial charge on any atom is -0.00240 e. The van der Waals surface area contributed by atoms with Crippen molar-refractivity contribution < 1.29 is 0 Å². The van der Waals surface area contributed by atoms with E-state index in [1.54, 1.807) is 5.92 Å². The van der Waals surface area contributed by atoms with Crippen molar-refractivity contribution in [3.05, 3.63) is 66.1 Å². The lowest BCUT2D eigenvalue weighted by Crippen LogP contribution is -1.98. The molecule has 0 heterocycles. The second-order valence-electron chi connectivity index (χ2n) is 6.71. The zero-order valence-corrected chi connectivity index (χ0v) is 12.7. The first-order chi connectivity index (χ1) is 10.9. The van der Waals surface area contributed by atoms with Gasteiger partial charge in [0.1, 0.15) is 0 Å². The Hall–Kier alpha value is -2.08. The van der Waals surface area contributed by atoms with E-state index in [0.29, 0.717) is 0 Å². The Morgan fingerprint density at radius 1 is 0.636 bits per heavy atom. The molecule has 4 aromatic rings. The molecule has 0 amide bonds. The van der Waals surface area contributed by atoms with Crippen LogP contribution in [0.3, 0.4) is 0 Å². The second-order valence-corrected chi connectivity index (χ2v) is 6.71. The van der Waals surface area contributed by atoms with Gasteiger partial charge in [-0.2, -0.15) is 0 Å². The average Bonchev–Trinajstić information content (AvgIpc) is 3.07. The van der Waals surface area contributed by atoms with Crippen LogP contribution in [0.15, 0.2) is 54.6 Å². The molecule has 0 bridgehead atoms. The van der Waals surface area contributed by atoms with Crippen molar-refractivity contribution in [1.29, 1.82) is 0 Å². The van der Waals surface area contributed by atoms with E-state index in [1.807, 2.05) is 0 Å². The summed E-state index contributed by atoms with van der Waals surface area (Å²) < 4.78 is 0. The standard InChI is InChI=1S/C22H19/c1-2-5-15(4-1)14-19-11-10-18-9-8-16-6-3-7-17-12-13-20(19)22(18)21(16)17/h3,6-13H,1-2,4-5,14H2. The highest BCUT2D eigenvalue weighted by molar-refractivity contribution is 6.23. The van der Waals surface area contributed by atoms with Crippen LogP contribution in [0.2, 0.25) is 0 Å². The molecule has 0 N–H and O–H groups in total. The molecule has 0 spiro atoms. The van der Waals surface area contributed by atoms with Gasteiger partial charge < -0.3 is 0 Å². The molecule has 1 saturated carbocycles. The average molecular weight is 283 g/mol. The summed E-state index contributed by atoms with van der Waals surface area (Å²) in [5.41, 5.74) is 1.52. The van der Waals surface area contributed by atoms with Gasteiger partial charge in [0, 0.05) is 0 Å². The number of benzene rings is 4. The maximum atomic E-state index is 2.35. The van der Waals surface area contributed by atoms with Gasteiger partial charge in [-0.3, -0.25) is 0 Å². The molecule has 0 nitrogen and oxygen atoms in total. The molecule has 22 heavy (non-hydrogen) atoms. The zero-order chi connectivity index (χ0) is 14.5. The Balaban J connectivity index is 1.81. The lowest BCUT2D eigenvalue weighted by Gasteiger charge is -2.15. The largest absolute Gasteiger partial charge is 0.0610 e. The molecule has 0 aliphatic heterocycles. The summed E-state index contributed by atoms with van der Waals surface area (Å²) in [5.74, 6) is 1.75. The van der Waals surface area contributed by atoms with E-state index in [1.165, 1.54) is 70.0 Å². The van der Waals surface area contributed by atoms with Crippen molar-refractivity contribution >= 4 is 32.3 Å². The molecule has 1 aliphatic carbocycles. The summed E-state index contributed by atoms with van der Waals surface area (Å²) in [5, 5.41) is 8.46. The highest BCUT2D eigenvalue weighted by Gasteiger charge is 2.18. The molecular formula is C22H19. The molecule has 0 aromatic heterocycles. The van der Waals surface area contributed by atoms with Gasteiger partial charge in [0.05, 0.1) is 0 Å². The van der Waals surface area contributed by atoms with Crippen molar-refractivity contribution in [2.75, 3.05) is 0 Å². The summed E-state index contributed by atoms with van der Waals surface area (Å²) in [4.78, 5) is 0. The number of hydrogen-bond donors (Lipinski definition) is 0. The van der Waals surface area contributed by atoms with E-state index in [9.17, 15) is 0 Å². The normalized spacial score (nSPS) is 16.4. The Morgan fingerprint density at radius 2 is 1.27 bits per heavy atom. The Kier molecular flexibility index (Phi) is 2.67. The van der Waals surface area contributed by atoms with Crippen LogP contribution in [0.1, 0.15) is 31.2 Å². The van der Waals surface area contributed by atoms with Crippen molar-refractivity contribution in [3.8, 4) is 0 Å². The van der Waals surface area contributed by atoms with Crippen LogP contribution >= 0.6 is 0 Å². The summed E-state index contributed by atoms with van der Waals surface area (Å²) in [6, 6.07) is 20.5. The lowest BCUT2D eigenvalue weighted by molar-refractivity contribution is 0.842. The second kappa shape index (κ2) is 4.71. The van der Waals surface area contributed by atoms with E-state index in [0.717, 1.165) is 0 Å². The summed E-state index contributed by atoms with van der Waals surface area (Å²) in [6.45, 7) is 0. The Morgan fingerprint density at radius 3 is 2.05 bits per heavy atom. The minimum absolute atomic E-state index is 1.17. The highest BCUT2D eigenvalue weighted by atomic mass is 14.2. The predicted octanol–water partition coefficient (Wildman–Crippen LogP) is 6.27. The van der Waals surface area contributed by atoms with Gasteiger partial charge >= 0.3 is 0 Å². The molecule has 4 aromatic carbocycles. The van der Waals surface area contributed by atoms with E-state index < -0.39 is 0 Å². The Labute approximate surface area is 131 Å². The monoisotopic (exact) mass is 283 g/mol. The third kappa shape index (κ3) is 1.76. The fourth-order valence-electron chi connectivity index (χ4n) is 4.27. The topological polar surface area (TPSA) is 0 Å². The van der Waals surface area contributed by atoms with Crippen molar-refractivity contribution in [2.45, 2.75) is 32.1 Å². The Bertz CT molecular complexity index is 942. The molecule has 0 unspecified atom stereocenters. The van der Waals surface area contributed by atoms with Gasteiger partial charge in [0.25, 0.3) is 0 Å². The third-order valence-corrected chi connectivity index (χ3v) is 5.37. The smallest absolute Gasteiger partial charge is 0.00240 e. The van der Waals surface area contributed by atoms with Crippen LogP contribution in [0, 0.1) is 5.92 Å². The molecule has 1 aliphatic rings. The van der Waals surface area contributed by atoms with Crippen molar-refractivity contribution in [3.63, 3.8) is 0 Å². The lowest BCUT2D eigenvalue weighted by atomic mass is 9.88. The molecule has 107 valence electrons. The van der Waals surface area contributed by atoms with Crippen LogP contribution < -0.4 is 0 Å². The molecule has 1 radical (unpaired) electrons. The van der Waals surface area contributed by atoms with Gasteiger partial charge in [0.15, 0.2) is 0 Å². The molecule has 0 heteroatoms. The first kappa shape index (κ1) is 12.5. The van der Waals surface area contributed by atoms with Gasteiger partial charge in [-0.05, 0) is 63.1 Å². The minimum Gasteiger partial charge on any atom is -0.0610 e. The van der Waals surface area contributed by atoms with Crippen molar-refractivity contribution in [1.82, 2.24) is 0 Å². The molecule has 5 rings (SSSR count). The zero-order valence-electron chi connectivity index (χ0n) is 12.7. The minimum atomic E-state index is 1.17. The fraction of sp³-hybridized carbons (Fsp3) is 0.227. The molecule has 0 atom stereocenters. The van der Waals surface area contributed by atoms with Gasteiger partial charge in [-0.15, -0.1) is 0 Å². The van der Waals surface area contributed by atoms with Gasteiger partial charge in [0.2, 0.25) is 0 Å². The first-order valence-electron chi connectivity index (χ1n) is 8.39. The van der Waals surface area contributed by atoms with Crippen LogP contribution in [-0.2, 0) is 6.42 Å². The first-order valence-corrected chi connectivity index (χ1v) is 8.39. The summed E-state index contributed by atoms with van der Waals surface area (Å²) in [6.07, 6.45) is 6.63. The number of hydrogen-bond acceptors (Lipinski definition) is 0. The fourth-order valence-corrected chi connectivity index (χ4v) is 4.27.